The number of amides is 2. The van der Waals surface area contributed by atoms with Crippen molar-refractivity contribution in [2.75, 3.05) is 19.5 Å². The van der Waals surface area contributed by atoms with Crippen LogP contribution in [-0.2, 0) is 11.2 Å². The van der Waals surface area contributed by atoms with Crippen LogP contribution >= 0.6 is 0 Å². The number of nitrogens with zero attached hydrogens (tertiary/aromatic N) is 1. The molecule has 0 aliphatic carbocycles. The lowest BCUT2D eigenvalue weighted by molar-refractivity contribution is -0.131. The number of aryl methyl sites for hydroxylation is 1. The number of carbonyl (C=O) groups is 2. The first-order valence-electron chi connectivity index (χ1n) is 10.4. The number of hydrogen-bond donors (Lipinski definition) is 1. The zero-order chi connectivity index (χ0) is 23.1. The van der Waals surface area contributed by atoms with Crippen LogP contribution in [0.5, 0.6) is 5.75 Å². The topological polar surface area (TPSA) is 58.6 Å². The van der Waals surface area contributed by atoms with Crippen molar-refractivity contribution < 1.29 is 18.7 Å². The quantitative estimate of drug-likeness (QED) is 0.528. The highest BCUT2D eigenvalue weighted by molar-refractivity contribution is 6.04. The molecule has 3 aromatic carbocycles. The number of anilines is 1. The van der Waals surface area contributed by atoms with E-state index in [4.69, 9.17) is 4.74 Å². The second kappa shape index (κ2) is 10.6. The molecule has 1 unspecified atom stereocenters. The second-order valence-corrected chi connectivity index (χ2v) is 7.60. The van der Waals surface area contributed by atoms with Gasteiger partial charge >= 0.3 is 0 Å². The maximum absolute atomic E-state index is 13.9. The van der Waals surface area contributed by atoms with E-state index >= 15 is 0 Å². The summed E-state index contributed by atoms with van der Waals surface area (Å²) in [6.07, 6.45) is 0.695. The molecule has 0 saturated carbocycles. The summed E-state index contributed by atoms with van der Waals surface area (Å²) in [5.41, 5.74) is 2.89. The van der Waals surface area contributed by atoms with Gasteiger partial charge in [0, 0.05) is 24.7 Å². The third kappa shape index (κ3) is 5.72. The Hall–Kier alpha value is -3.67. The average Bonchev–Trinajstić information content (AvgIpc) is 2.82. The highest BCUT2D eigenvalue weighted by Crippen LogP contribution is 2.24. The molecule has 166 valence electrons. The normalized spacial score (nSPS) is 11.5. The van der Waals surface area contributed by atoms with Crippen LogP contribution in [0.1, 0.15) is 40.9 Å². The smallest absolute Gasteiger partial charge is 0.255 e. The van der Waals surface area contributed by atoms with Crippen molar-refractivity contribution in [3.05, 3.63) is 95.3 Å². The third-order valence-electron chi connectivity index (χ3n) is 5.48. The molecule has 0 radical (unpaired) electrons. The fraction of sp³-hybridized carbons (Fsp3) is 0.231. The number of carbonyl (C=O) groups excluding carboxylic acids is 2. The molecule has 1 atom stereocenters. The van der Waals surface area contributed by atoms with E-state index in [0.717, 1.165) is 11.1 Å². The minimum atomic E-state index is -0.437. The Kier molecular flexibility index (Phi) is 7.60. The summed E-state index contributed by atoms with van der Waals surface area (Å²) in [4.78, 5) is 26.8. The molecule has 0 spiro atoms. The molecule has 1 N–H and O–H groups in total. The number of ether oxygens (including phenoxy) is 1. The summed E-state index contributed by atoms with van der Waals surface area (Å²) in [5, 5.41) is 2.89. The number of rotatable bonds is 8. The van der Waals surface area contributed by atoms with E-state index in [0.29, 0.717) is 17.7 Å². The zero-order valence-corrected chi connectivity index (χ0v) is 18.5. The summed E-state index contributed by atoms with van der Waals surface area (Å²) < 4.78 is 18.8. The number of halogens is 1. The molecule has 0 aliphatic heterocycles. The lowest BCUT2D eigenvalue weighted by atomic mass is 10.0. The molecular formula is C26H27FN2O3. The standard InChI is InChI=1S/C26H27FN2O3/c1-18(29(2)25(30)15-13-19-12-14-24(32-3)23(27)16-19)21-10-7-11-22(17-21)28-26(31)20-8-5-4-6-9-20/h4-12,14,16-18H,13,15H2,1-3H3,(H,28,31). The summed E-state index contributed by atoms with van der Waals surface area (Å²) >= 11 is 0. The number of benzene rings is 3. The van der Waals surface area contributed by atoms with E-state index < -0.39 is 5.82 Å². The summed E-state index contributed by atoms with van der Waals surface area (Å²) in [6, 6.07) is 21.0. The molecule has 3 rings (SSSR count). The molecule has 0 aliphatic rings. The monoisotopic (exact) mass is 434 g/mol. The van der Waals surface area contributed by atoms with Crippen molar-refractivity contribution >= 4 is 17.5 Å². The van der Waals surface area contributed by atoms with Crippen LogP contribution in [0.2, 0.25) is 0 Å². The molecule has 3 aromatic rings. The fourth-order valence-electron chi connectivity index (χ4n) is 3.40. The number of hydrogen-bond acceptors (Lipinski definition) is 3. The number of methoxy groups -OCH3 is 1. The van der Waals surface area contributed by atoms with Gasteiger partial charge in [0.25, 0.3) is 5.91 Å². The van der Waals surface area contributed by atoms with Crippen molar-refractivity contribution in [1.29, 1.82) is 0 Å². The molecular weight excluding hydrogens is 407 g/mol. The lowest BCUT2D eigenvalue weighted by Crippen LogP contribution is -2.29. The Balaban J connectivity index is 1.61. The Morgan fingerprint density at radius 3 is 2.47 bits per heavy atom. The molecule has 32 heavy (non-hydrogen) atoms. The Bertz CT molecular complexity index is 1090. The first-order chi connectivity index (χ1) is 15.4. The lowest BCUT2D eigenvalue weighted by Gasteiger charge is -2.26. The van der Waals surface area contributed by atoms with Crippen LogP contribution in [0.3, 0.4) is 0 Å². The van der Waals surface area contributed by atoms with Gasteiger partial charge in [-0.05, 0) is 60.9 Å². The predicted octanol–water partition coefficient (Wildman–Crippen LogP) is 5.24. The number of nitrogens with one attached hydrogen (secondary N) is 1. The third-order valence-corrected chi connectivity index (χ3v) is 5.48. The van der Waals surface area contributed by atoms with Crippen molar-refractivity contribution in [2.24, 2.45) is 0 Å². The van der Waals surface area contributed by atoms with E-state index in [1.165, 1.54) is 13.2 Å². The minimum absolute atomic E-state index is 0.0487. The van der Waals surface area contributed by atoms with E-state index in [1.54, 1.807) is 36.2 Å². The van der Waals surface area contributed by atoms with Gasteiger partial charge in [0.05, 0.1) is 13.2 Å². The van der Waals surface area contributed by atoms with Gasteiger partial charge < -0.3 is 15.0 Å². The van der Waals surface area contributed by atoms with Crippen LogP contribution in [0, 0.1) is 5.82 Å². The van der Waals surface area contributed by atoms with E-state index in [9.17, 15) is 14.0 Å². The summed E-state index contributed by atoms with van der Waals surface area (Å²) in [5.74, 6) is -0.488. The molecule has 0 fully saturated rings. The Labute approximate surface area is 187 Å². The second-order valence-electron chi connectivity index (χ2n) is 7.60. The van der Waals surface area contributed by atoms with Gasteiger partial charge in [-0.3, -0.25) is 9.59 Å². The highest BCUT2D eigenvalue weighted by Gasteiger charge is 2.18. The molecule has 6 heteroatoms. The van der Waals surface area contributed by atoms with E-state index in [1.807, 2.05) is 49.4 Å². The van der Waals surface area contributed by atoms with E-state index in [2.05, 4.69) is 5.32 Å². The van der Waals surface area contributed by atoms with Gasteiger partial charge in [-0.1, -0.05) is 36.4 Å². The van der Waals surface area contributed by atoms with Gasteiger partial charge in [-0.15, -0.1) is 0 Å². The molecule has 0 aromatic heterocycles. The van der Waals surface area contributed by atoms with Gasteiger partial charge in [-0.25, -0.2) is 4.39 Å². The van der Waals surface area contributed by atoms with Gasteiger partial charge in [0.15, 0.2) is 11.6 Å². The summed E-state index contributed by atoms with van der Waals surface area (Å²) in [7, 11) is 3.16. The van der Waals surface area contributed by atoms with Crippen molar-refractivity contribution in [2.45, 2.75) is 25.8 Å². The van der Waals surface area contributed by atoms with Crippen molar-refractivity contribution in [1.82, 2.24) is 4.90 Å². The average molecular weight is 435 g/mol. The van der Waals surface area contributed by atoms with Crippen molar-refractivity contribution in [3.8, 4) is 5.75 Å². The van der Waals surface area contributed by atoms with Crippen LogP contribution in [-0.4, -0.2) is 30.9 Å². The molecule has 0 saturated heterocycles. The predicted molar refractivity (Wildman–Crippen MR) is 123 cm³/mol. The molecule has 5 nitrogen and oxygen atoms in total. The molecule has 0 heterocycles. The zero-order valence-electron chi connectivity index (χ0n) is 18.5. The maximum Gasteiger partial charge on any atom is 0.255 e. The largest absolute Gasteiger partial charge is 0.494 e. The molecule has 2 amide bonds. The first kappa shape index (κ1) is 23.0. The van der Waals surface area contributed by atoms with Crippen LogP contribution < -0.4 is 10.1 Å². The Morgan fingerprint density at radius 2 is 1.78 bits per heavy atom. The van der Waals surface area contributed by atoms with Crippen molar-refractivity contribution in [3.63, 3.8) is 0 Å². The van der Waals surface area contributed by atoms with E-state index in [-0.39, 0.29) is 30.0 Å². The van der Waals surface area contributed by atoms with Crippen LogP contribution in [0.25, 0.3) is 0 Å². The van der Waals surface area contributed by atoms with Gasteiger partial charge in [-0.2, -0.15) is 0 Å². The molecule has 0 bridgehead atoms. The highest BCUT2D eigenvalue weighted by atomic mass is 19.1. The van der Waals surface area contributed by atoms with Gasteiger partial charge in [0.2, 0.25) is 5.91 Å². The Morgan fingerprint density at radius 1 is 1.03 bits per heavy atom. The minimum Gasteiger partial charge on any atom is -0.494 e. The maximum atomic E-state index is 13.9. The van der Waals surface area contributed by atoms with Crippen LogP contribution in [0.15, 0.2) is 72.8 Å². The van der Waals surface area contributed by atoms with Gasteiger partial charge in [0.1, 0.15) is 0 Å². The first-order valence-corrected chi connectivity index (χ1v) is 10.4. The van der Waals surface area contributed by atoms with Crippen LogP contribution in [0.4, 0.5) is 10.1 Å². The fourth-order valence-corrected chi connectivity index (χ4v) is 3.40. The summed E-state index contributed by atoms with van der Waals surface area (Å²) in [6.45, 7) is 1.93. The SMILES string of the molecule is COc1ccc(CCC(=O)N(C)C(C)c2cccc(NC(=O)c3ccccc3)c2)cc1F.